The average molecular weight is 560 g/mol. The molecule has 0 saturated carbocycles. The van der Waals surface area contributed by atoms with Crippen LogP contribution in [-0.2, 0) is 32.6 Å². The smallest absolute Gasteiger partial charge is 0.243 e. The Morgan fingerprint density at radius 1 is 1.03 bits per heavy atom. The van der Waals surface area contributed by atoms with E-state index in [4.69, 9.17) is 13.9 Å². The van der Waals surface area contributed by atoms with Crippen molar-refractivity contribution in [3.63, 3.8) is 0 Å². The Morgan fingerprint density at radius 3 is 2.38 bits per heavy atom. The zero-order chi connectivity index (χ0) is 27.7. The molecular weight excluding hydrogens is 525 g/mol. The van der Waals surface area contributed by atoms with Crippen LogP contribution >= 0.6 is 0 Å². The molecule has 1 fully saturated rings. The minimum atomic E-state index is -3.98. The van der Waals surface area contributed by atoms with Gasteiger partial charge in [-0.2, -0.15) is 4.31 Å². The van der Waals surface area contributed by atoms with Crippen molar-refractivity contribution in [3.8, 4) is 5.75 Å². The highest BCUT2D eigenvalue weighted by molar-refractivity contribution is 7.89. The molecular formula is C28H34FN3O6S. The van der Waals surface area contributed by atoms with Gasteiger partial charge in [0, 0.05) is 26.2 Å². The largest absolute Gasteiger partial charge is 0.497 e. The summed E-state index contributed by atoms with van der Waals surface area (Å²) >= 11 is 0. The van der Waals surface area contributed by atoms with E-state index < -0.39 is 10.0 Å². The van der Waals surface area contributed by atoms with Gasteiger partial charge in [-0.15, -0.1) is 0 Å². The molecule has 0 N–H and O–H groups in total. The van der Waals surface area contributed by atoms with Crippen LogP contribution in [0.25, 0.3) is 0 Å². The number of hydrogen-bond donors (Lipinski definition) is 0. The van der Waals surface area contributed by atoms with Gasteiger partial charge in [-0.25, -0.2) is 12.8 Å². The third kappa shape index (κ3) is 8.12. The first-order chi connectivity index (χ1) is 18.8. The number of rotatable bonds is 13. The Balaban J connectivity index is 1.54. The molecule has 210 valence electrons. The number of nitrogens with zero attached hydrogens (tertiary/aromatic N) is 3. The van der Waals surface area contributed by atoms with Gasteiger partial charge < -0.3 is 18.8 Å². The maximum absolute atomic E-state index is 13.7. The first-order valence-corrected chi connectivity index (χ1v) is 14.3. The highest BCUT2D eigenvalue weighted by Gasteiger charge is 2.29. The third-order valence-electron chi connectivity index (χ3n) is 6.56. The summed E-state index contributed by atoms with van der Waals surface area (Å²) in [6, 6.07) is 15.5. The Hall–Kier alpha value is -3.25. The Morgan fingerprint density at radius 2 is 1.74 bits per heavy atom. The number of amides is 1. The highest BCUT2D eigenvalue weighted by atomic mass is 32.2. The first-order valence-electron chi connectivity index (χ1n) is 12.8. The molecule has 9 nitrogen and oxygen atoms in total. The van der Waals surface area contributed by atoms with Crippen LogP contribution in [0.4, 0.5) is 4.39 Å². The van der Waals surface area contributed by atoms with Crippen LogP contribution in [0.5, 0.6) is 5.75 Å². The van der Waals surface area contributed by atoms with E-state index in [1.54, 1.807) is 36.4 Å². The molecule has 3 aromatic rings. The minimum absolute atomic E-state index is 0.0820. The van der Waals surface area contributed by atoms with Crippen molar-refractivity contribution in [3.05, 3.63) is 84.1 Å². The second-order valence-electron chi connectivity index (χ2n) is 9.28. The molecule has 11 heteroatoms. The molecule has 0 aliphatic carbocycles. The number of halogens is 1. The van der Waals surface area contributed by atoms with Gasteiger partial charge in [-0.05, 0) is 67.1 Å². The number of furan rings is 1. The fraction of sp³-hybridized carbons (Fsp3) is 0.393. The minimum Gasteiger partial charge on any atom is -0.497 e. The van der Waals surface area contributed by atoms with Gasteiger partial charge in [-0.3, -0.25) is 9.69 Å². The van der Waals surface area contributed by atoms with Crippen molar-refractivity contribution in [2.24, 2.45) is 0 Å². The van der Waals surface area contributed by atoms with Gasteiger partial charge in [0.25, 0.3) is 0 Å². The molecule has 4 rings (SSSR count). The number of carbonyl (C=O) groups excluding carboxylic acids is 1. The second-order valence-corrected chi connectivity index (χ2v) is 11.2. The average Bonchev–Trinajstić information content (AvgIpc) is 3.47. The van der Waals surface area contributed by atoms with Crippen molar-refractivity contribution in [1.82, 2.24) is 14.1 Å². The van der Waals surface area contributed by atoms with Crippen LogP contribution in [0.15, 0.2) is 76.2 Å². The third-order valence-corrected chi connectivity index (χ3v) is 8.42. The predicted molar refractivity (Wildman–Crippen MR) is 143 cm³/mol. The van der Waals surface area contributed by atoms with E-state index in [9.17, 15) is 17.6 Å². The van der Waals surface area contributed by atoms with E-state index in [1.807, 2.05) is 0 Å². The summed E-state index contributed by atoms with van der Waals surface area (Å²) in [4.78, 5) is 17.5. The fourth-order valence-electron chi connectivity index (χ4n) is 4.36. The number of benzene rings is 2. The molecule has 0 atom stereocenters. The van der Waals surface area contributed by atoms with E-state index in [1.165, 1.54) is 46.8 Å². The van der Waals surface area contributed by atoms with E-state index in [2.05, 4.69) is 4.90 Å². The Labute approximate surface area is 228 Å². The molecule has 0 unspecified atom stereocenters. The first kappa shape index (κ1) is 28.8. The van der Waals surface area contributed by atoms with Gasteiger partial charge in [0.05, 0.1) is 44.6 Å². The van der Waals surface area contributed by atoms with Crippen molar-refractivity contribution >= 4 is 15.9 Å². The number of sulfonamides is 1. The number of ether oxygens (including phenoxy) is 2. The van der Waals surface area contributed by atoms with Gasteiger partial charge in [-0.1, -0.05) is 12.1 Å². The summed E-state index contributed by atoms with van der Waals surface area (Å²) in [5, 5.41) is 0. The maximum Gasteiger partial charge on any atom is 0.243 e. The lowest BCUT2D eigenvalue weighted by Crippen LogP contribution is -2.44. The van der Waals surface area contributed by atoms with Crippen LogP contribution in [0.3, 0.4) is 0 Å². The van der Waals surface area contributed by atoms with Crippen LogP contribution < -0.4 is 4.74 Å². The SMILES string of the molecule is COc1ccc(S(=O)(=O)N(CCCN2CCOCC2)CC(=O)N(Cc2ccc(F)cc2)Cc2ccco2)cc1. The lowest BCUT2D eigenvalue weighted by atomic mass is 10.2. The molecule has 0 bridgehead atoms. The standard InChI is InChI=1S/C28H34FN3O6S/c1-36-25-9-11-27(12-10-25)39(34,35)32(14-3-13-30-15-18-37-19-16-30)22-28(33)31(21-26-4-2-17-38-26)20-23-5-7-24(29)8-6-23/h2,4-12,17H,3,13-16,18-22H2,1H3. The zero-order valence-electron chi connectivity index (χ0n) is 22.0. The van der Waals surface area contributed by atoms with Crippen LogP contribution in [0.1, 0.15) is 17.7 Å². The molecule has 2 heterocycles. The van der Waals surface area contributed by atoms with E-state index >= 15 is 0 Å². The zero-order valence-corrected chi connectivity index (χ0v) is 22.8. The van der Waals surface area contributed by atoms with Crippen LogP contribution in [0, 0.1) is 5.82 Å². The summed E-state index contributed by atoms with van der Waals surface area (Å²) in [5.74, 6) is 0.328. The maximum atomic E-state index is 13.7. The van der Waals surface area contributed by atoms with E-state index in [0.717, 1.165) is 13.1 Å². The van der Waals surface area contributed by atoms with Crippen molar-refractivity contribution < 1.29 is 31.5 Å². The fourth-order valence-corrected chi connectivity index (χ4v) is 5.79. The second kappa shape index (κ2) is 13.7. The lowest BCUT2D eigenvalue weighted by molar-refractivity contribution is -0.133. The monoisotopic (exact) mass is 559 g/mol. The number of morpholine rings is 1. The molecule has 0 spiro atoms. The van der Waals surface area contributed by atoms with Crippen molar-refractivity contribution in [2.75, 3.05) is 53.0 Å². The molecule has 1 saturated heterocycles. The normalized spacial score (nSPS) is 14.4. The van der Waals surface area contributed by atoms with Gasteiger partial charge in [0.15, 0.2) is 0 Å². The Bertz CT molecular complexity index is 1280. The summed E-state index contributed by atoms with van der Waals surface area (Å²) < 4.78 is 58.1. The molecule has 39 heavy (non-hydrogen) atoms. The summed E-state index contributed by atoms with van der Waals surface area (Å²) in [7, 11) is -2.48. The predicted octanol–water partition coefficient (Wildman–Crippen LogP) is 3.37. The summed E-state index contributed by atoms with van der Waals surface area (Å²) in [6.45, 7) is 3.71. The Kier molecular flexibility index (Phi) is 10.1. The van der Waals surface area contributed by atoms with Gasteiger partial charge >= 0.3 is 0 Å². The van der Waals surface area contributed by atoms with E-state index in [-0.39, 0.29) is 42.8 Å². The quantitative estimate of drug-likeness (QED) is 0.317. The van der Waals surface area contributed by atoms with Gasteiger partial charge in [0.1, 0.15) is 17.3 Å². The molecule has 1 aliphatic rings. The summed E-state index contributed by atoms with van der Waals surface area (Å²) in [6.07, 6.45) is 2.07. The highest BCUT2D eigenvalue weighted by Crippen LogP contribution is 2.21. The number of methoxy groups -OCH3 is 1. The van der Waals surface area contributed by atoms with Crippen LogP contribution in [-0.4, -0.2) is 81.5 Å². The lowest BCUT2D eigenvalue weighted by Gasteiger charge is -2.29. The molecule has 1 aliphatic heterocycles. The molecule has 1 amide bonds. The molecule has 0 radical (unpaired) electrons. The van der Waals surface area contributed by atoms with Crippen LogP contribution in [0.2, 0.25) is 0 Å². The molecule has 2 aromatic carbocycles. The van der Waals surface area contributed by atoms with E-state index in [0.29, 0.717) is 43.3 Å². The van der Waals surface area contributed by atoms with Crippen molar-refractivity contribution in [1.29, 1.82) is 0 Å². The van der Waals surface area contributed by atoms with Crippen molar-refractivity contribution in [2.45, 2.75) is 24.4 Å². The van der Waals surface area contributed by atoms with Gasteiger partial charge in [0.2, 0.25) is 15.9 Å². The molecule has 1 aromatic heterocycles. The number of hydrogen-bond acceptors (Lipinski definition) is 7. The topological polar surface area (TPSA) is 92.5 Å². The number of carbonyl (C=O) groups is 1. The summed E-state index contributed by atoms with van der Waals surface area (Å²) in [5.41, 5.74) is 0.716.